The summed E-state index contributed by atoms with van der Waals surface area (Å²) in [6.45, 7) is 1.63. The van der Waals surface area contributed by atoms with Gasteiger partial charge in [-0.05, 0) is 37.3 Å². The first-order valence-electron chi connectivity index (χ1n) is 12.3. The molecule has 1 aliphatic heterocycles. The lowest BCUT2D eigenvalue weighted by Gasteiger charge is -2.22. The van der Waals surface area contributed by atoms with E-state index in [0.29, 0.717) is 5.69 Å². The molecule has 1 atom stereocenters. The van der Waals surface area contributed by atoms with Gasteiger partial charge in [-0.25, -0.2) is 28.1 Å². The molecule has 2 aromatic carbocycles. The van der Waals surface area contributed by atoms with E-state index in [1.54, 1.807) is 31.3 Å². The molecule has 10 nitrogen and oxygen atoms in total. The fraction of sp³-hybridized carbons (Fsp3) is 0.103. The third-order valence-electron chi connectivity index (χ3n) is 6.56. The number of hydrogen-bond acceptors (Lipinski definition) is 8. The summed E-state index contributed by atoms with van der Waals surface area (Å²) in [5.41, 5.74) is 0.652. The second kappa shape index (κ2) is 9.90. The van der Waals surface area contributed by atoms with Crippen molar-refractivity contribution in [3.63, 3.8) is 0 Å². The van der Waals surface area contributed by atoms with Gasteiger partial charge >= 0.3 is 5.97 Å². The second-order valence-corrected chi connectivity index (χ2v) is 9.09. The highest BCUT2D eigenvalue weighted by Gasteiger charge is 2.39. The Morgan fingerprint density at radius 3 is 2.39 bits per heavy atom. The maximum Gasteiger partial charge on any atom is 0.340 e. The van der Waals surface area contributed by atoms with Crippen LogP contribution in [-0.2, 0) is 4.74 Å². The van der Waals surface area contributed by atoms with E-state index >= 15 is 0 Å². The highest BCUT2D eigenvalue weighted by atomic mass is 19.1. The van der Waals surface area contributed by atoms with Gasteiger partial charge in [0.25, 0.3) is 11.8 Å². The number of rotatable bonds is 6. The van der Waals surface area contributed by atoms with E-state index in [0.717, 1.165) is 24.3 Å². The Balaban J connectivity index is 1.51. The Kier molecular flexibility index (Phi) is 6.22. The Morgan fingerprint density at radius 2 is 1.73 bits per heavy atom. The largest absolute Gasteiger partial charge is 0.480 e. The fourth-order valence-corrected chi connectivity index (χ4v) is 4.66. The Bertz CT molecular complexity index is 1840. The van der Waals surface area contributed by atoms with Crippen molar-refractivity contribution in [3.8, 4) is 11.4 Å². The van der Waals surface area contributed by atoms with Gasteiger partial charge in [0.1, 0.15) is 23.4 Å². The van der Waals surface area contributed by atoms with E-state index in [4.69, 9.17) is 4.74 Å². The summed E-state index contributed by atoms with van der Waals surface area (Å²) in [4.78, 5) is 48.3. The molecule has 0 spiro atoms. The standard InChI is InChI=1S/C29H19F2N5O5/c1-15(25-23(12-17(30)14-32-25)35-9-5-8-33-35)41-24-11-16-10-20(29(39)40-2)21(31)13-22(16)34-26(24)36-27(37)18-6-3-4-7-19(18)28(36)38/h3-15H,1-2H3. The van der Waals surface area contributed by atoms with Crippen LogP contribution in [0, 0.1) is 11.6 Å². The number of ether oxygens (including phenoxy) is 2. The van der Waals surface area contributed by atoms with Crippen LogP contribution >= 0.6 is 0 Å². The SMILES string of the molecule is COC(=O)c1cc2cc(OC(C)c3ncc(F)cc3-n3cccn3)c(N3C(=O)c4ccccc4C3=O)nc2cc1F. The van der Waals surface area contributed by atoms with Crippen molar-refractivity contribution in [2.24, 2.45) is 0 Å². The molecule has 0 N–H and O–H groups in total. The van der Waals surface area contributed by atoms with Crippen molar-refractivity contribution < 1.29 is 32.6 Å². The second-order valence-electron chi connectivity index (χ2n) is 9.09. The molecule has 0 saturated heterocycles. The van der Waals surface area contributed by atoms with Crippen molar-refractivity contribution in [1.29, 1.82) is 0 Å². The van der Waals surface area contributed by atoms with Crippen LogP contribution in [-0.4, -0.2) is 44.6 Å². The van der Waals surface area contributed by atoms with Crippen LogP contribution in [0.4, 0.5) is 14.6 Å². The van der Waals surface area contributed by atoms with Crippen molar-refractivity contribution in [2.75, 3.05) is 12.0 Å². The molecular formula is C29H19F2N5O5. The van der Waals surface area contributed by atoms with Crippen LogP contribution in [0.5, 0.6) is 5.75 Å². The molecule has 4 heterocycles. The van der Waals surface area contributed by atoms with Crippen molar-refractivity contribution in [1.82, 2.24) is 19.7 Å². The molecule has 3 aromatic heterocycles. The highest BCUT2D eigenvalue weighted by Crippen LogP contribution is 2.38. The molecule has 12 heteroatoms. The lowest BCUT2D eigenvalue weighted by molar-refractivity contribution is 0.0595. The number of benzene rings is 2. The predicted molar refractivity (Wildman–Crippen MR) is 141 cm³/mol. The van der Waals surface area contributed by atoms with E-state index in [2.05, 4.69) is 19.8 Å². The minimum atomic E-state index is -0.899. The number of amides is 2. The van der Waals surface area contributed by atoms with Crippen LogP contribution in [0.2, 0.25) is 0 Å². The first kappa shape index (κ1) is 25.7. The maximum absolute atomic E-state index is 14.8. The van der Waals surface area contributed by atoms with Crippen LogP contribution in [0.15, 0.2) is 73.2 Å². The smallest absolute Gasteiger partial charge is 0.340 e. The molecule has 1 unspecified atom stereocenters. The van der Waals surface area contributed by atoms with E-state index in [9.17, 15) is 23.2 Å². The quantitative estimate of drug-likeness (QED) is 0.216. The summed E-state index contributed by atoms with van der Waals surface area (Å²) in [6, 6.07) is 12.9. The van der Waals surface area contributed by atoms with E-state index in [-0.39, 0.29) is 44.9 Å². The average molecular weight is 555 g/mol. The number of hydrogen-bond donors (Lipinski definition) is 0. The van der Waals surface area contributed by atoms with Crippen LogP contribution < -0.4 is 9.64 Å². The molecule has 0 saturated carbocycles. The number of anilines is 1. The van der Waals surface area contributed by atoms with E-state index < -0.39 is 35.5 Å². The maximum atomic E-state index is 14.8. The van der Waals surface area contributed by atoms with Crippen molar-refractivity contribution >= 4 is 34.5 Å². The normalized spacial score (nSPS) is 13.4. The lowest BCUT2D eigenvalue weighted by Crippen LogP contribution is -2.31. The molecule has 1 aliphatic rings. The zero-order chi connectivity index (χ0) is 28.8. The topological polar surface area (TPSA) is 117 Å². The highest BCUT2D eigenvalue weighted by molar-refractivity contribution is 6.34. The Morgan fingerprint density at radius 1 is 1.00 bits per heavy atom. The molecule has 2 amide bonds. The fourth-order valence-electron chi connectivity index (χ4n) is 4.66. The zero-order valence-corrected chi connectivity index (χ0v) is 21.5. The Labute approximate surface area is 230 Å². The molecule has 204 valence electrons. The summed E-state index contributed by atoms with van der Waals surface area (Å²) in [5, 5.41) is 4.42. The average Bonchev–Trinajstić information content (AvgIpc) is 3.59. The van der Waals surface area contributed by atoms with Gasteiger partial charge < -0.3 is 9.47 Å². The number of pyridine rings is 2. The Hall–Kier alpha value is -5.52. The molecule has 5 aromatic rings. The zero-order valence-electron chi connectivity index (χ0n) is 21.5. The lowest BCUT2D eigenvalue weighted by atomic mass is 10.1. The van der Waals surface area contributed by atoms with Crippen molar-refractivity contribution in [2.45, 2.75) is 13.0 Å². The van der Waals surface area contributed by atoms with Gasteiger partial charge in [-0.2, -0.15) is 5.10 Å². The number of halogens is 2. The van der Waals surface area contributed by atoms with Crippen LogP contribution in [0.1, 0.15) is 49.8 Å². The van der Waals surface area contributed by atoms with Gasteiger partial charge in [-0.1, -0.05) is 12.1 Å². The first-order chi connectivity index (χ1) is 19.8. The number of esters is 1. The monoisotopic (exact) mass is 555 g/mol. The van der Waals surface area contributed by atoms with Gasteiger partial charge in [0.2, 0.25) is 0 Å². The van der Waals surface area contributed by atoms with Gasteiger partial charge in [-0.3, -0.25) is 14.6 Å². The van der Waals surface area contributed by atoms with Gasteiger partial charge in [0.05, 0.1) is 41.2 Å². The molecular weight excluding hydrogens is 536 g/mol. The van der Waals surface area contributed by atoms with Crippen LogP contribution in [0.3, 0.4) is 0 Å². The summed E-state index contributed by atoms with van der Waals surface area (Å²) >= 11 is 0. The van der Waals surface area contributed by atoms with Crippen LogP contribution in [0.25, 0.3) is 16.6 Å². The minimum Gasteiger partial charge on any atom is -0.480 e. The summed E-state index contributed by atoms with van der Waals surface area (Å²) in [5.74, 6) is -3.90. The number of aromatic nitrogens is 4. The summed E-state index contributed by atoms with van der Waals surface area (Å²) in [6.07, 6.45) is 3.27. The molecule has 41 heavy (non-hydrogen) atoms. The third-order valence-corrected chi connectivity index (χ3v) is 6.56. The van der Waals surface area contributed by atoms with Gasteiger partial charge in [0.15, 0.2) is 11.6 Å². The van der Waals surface area contributed by atoms with Gasteiger partial charge in [-0.15, -0.1) is 0 Å². The van der Waals surface area contributed by atoms with E-state index in [1.165, 1.54) is 41.2 Å². The third kappa shape index (κ3) is 4.35. The molecule has 6 rings (SSSR count). The number of carbonyl (C=O) groups excluding carboxylic acids is 3. The van der Waals surface area contributed by atoms with Crippen molar-refractivity contribution in [3.05, 3.63) is 107 Å². The molecule has 0 radical (unpaired) electrons. The number of nitrogens with zero attached hydrogens (tertiary/aromatic N) is 5. The predicted octanol–water partition coefficient (Wildman–Crippen LogP) is 4.82. The molecule has 0 bridgehead atoms. The first-order valence-corrected chi connectivity index (χ1v) is 12.3. The number of imide groups is 1. The summed E-state index contributed by atoms with van der Waals surface area (Å²) in [7, 11) is 1.12. The summed E-state index contributed by atoms with van der Waals surface area (Å²) < 4.78 is 41.3. The molecule has 0 aliphatic carbocycles. The minimum absolute atomic E-state index is 0.0422. The van der Waals surface area contributed by atoms with Gasteiger partial charge in [0, 0.05) is 29.9 Å². The number of fused-ring (bicyclic) bond motifs is 2. The molecule has 0 fully saturated rings. The number of methoxy groups -OCH3 is 1. The number of carbonyl (C=O) groups is 3. The van der Waals surface area contributed by atoms with E-state index in [1.807, 2.05) is 0 Å².